The summed E-state index contributed by atoms with van der Waals surface area (Å²) in [5, 5.41) is 2.89. The van der Waals surface area contributed by atoms with E-state index in [0.29, 0.717) is 104 Å². The van der Waals surface area contributed by atoms with Crippen LogP contribution in [0.3, 0.4) is 0 Å². The maximum atomic E-state index is 14.4. The van der Waals surface area contributed by atoms with Crippen LogP contribution in [-0.2, 0) is 102 Å². The minimum atomic E-state index is -3.84. The van der Waals surface area contributed by atoms with Crippen molar-refractivity contribution in [1.82, 2.24) is 43.8 Å². The van der Waals surface area contributed by atoms with Crippen LogP contribution in [0.15, 0.2) is 154 Å². The molecule has 9 fully saturated rings. The summed E-state index contributed by atoms with van der Waals surface area (Å²) in [6, 6.07) is 19.2. The molecule has 12 bridgehead atoms. The number of cyclic esters (lactones) is 3. The Balaban J connectivity index is 0.000000158. The number of Topliss-reactive ketones (excluding diaryl/α,β-unsaturated/α-hetero) is 3. The van der Waals surface area contributed by atoms with Gasteiger partial charge in [-0.2, -0.15) is 0 Å². The third kappa shape index (κ3) is 24.7. The number of esters is 3. The predicted molar refractivity (Wildman–Crippen MR) is 540 cm³/mol. The molecule has 3 saturated heterocycles. The number of fused-ring (bicyclic) bond motifs is 9. The average molecular weight is 2080 g/mol. The molecule has 6 aliphatic carbocycles. The van der Waals surface area contributed by atoms with Crippen molar-refractivity contribution in [3.8, 4) is 34.9 Å². The van der Waals surface area contributed by atoms with Gasteiger partial charge in [0, 0.05) is 73.3 Å². The summed E-state index contributed by atoms with van der Waals surface area (Å²) in [5.74, 6) is -7.06. The highest BCUT2D eigenvalue weighted by atomic mass is 32.2. The summed E-state index contributed by atoms with van der Waals surface area (Å²) >= 11 is 0. The van der Waals surface area contributed by atoms with Crippen molar-refractivity contribution in [3.05, 3.63) is 154 Å². The Morgan fingerprint density at radius 1 is 0.388 bits per heavy atom. The van der Waals surface area contributed by atoms with E-state index in [4.69, 9.17) is 42.6 Å². The van der Waals surface area contributed by atoms with Crippen molar-refractivity contribution in [2.45, 2.75) is 243 Å². The first-order chi connectivity index (χ1) is 69.6. The summed E-state index contributed by atoms with van der Waals surface area (Å²) in [6.07, 6.45) is 18.4. The van der Waals surface area contributed by atoms with Crippen molar-refractivity contribution >= 4 is 133 Å². The molecule has 3 aromatic heterocycles. The second-order valence-electron chi connectivity index (χ2n) is 44.1. The van der Waals surface area contributed by atoms with Gasteiger partial charge in [0.15, 0.2) is 17.3 Å². The summed E-state index contributed by atoms with van der Waals surface area (Å²) in [7, 11) is -11.5. The maximum absolute atomic E-state index is 14.4. The van der Waals surface area contributed by atoms with Gasteiger partial charge in [-0.05, 0) is 200 Å². The number of nitrogens with one attached hydrogen (secondary N) is 3. The average Bonchev–Trinajstić information content (AvgIpc) is 1.58. The molecule has 3 aromatic carbocycles. The molecule has 0 radical (unpaired) electrons. The van der Waals surface area contributed by atoms with Crippen molar-refractivity contribution in [2.75, 3.05) is 59.3 Å². The van der Waals surface area contributed by atoms with Gasteiger partial charge < -0.3 is 57.3 Å². The molecule has 3 N–H and O–H groups in total. The highest BCUT2D eigenvalue weighted by molar-refractivity contribution is 7.91. The number of nitrogens with zero attached hydrogens (tertiary/aromatic N) is 6. The van der Waals surface area contributed by atoms with E-state index in [9.17, 15) is 82.8 Å². The van der Waals surface area contributed by atoms with E-state index in [1.54, 1.807) is 61.1 Å². The molecule has 788 valence electrons. The smallest absolute Gasteiger partial charge is 0.306 e. The molecule has 36 nitrogen and oxygen atoms in total. The van der Waals surface area contributed by atoms with Crippen LogP contribution in [0.5, 0.6) is 34.9 Å². The first-order valence-corrected chi connectivity index (χ1v) is 55.2. The first kappa shape index (κ1) is 107. The SMILES string of the molecule is C=CC1CC1(CC(=O)C1CC2CN1C(=O)C(C(C)(C)C)CC(=O)OC/C=C/COc1ccc3ccnc(c3c1)O2)C(=O)NS(=O)(=O)C1CC1.C=CC1CC1(CC(=O)C1CC2CN1C(=O)C(C(C)(C)C)CC(=O)OC/C=C\COc1ccc3ccnc(c3c1)O2)C(=O)NS(=O)(=O)C1CC1.C=CC1CC1(CC(=O)C1CC2CN1C(=O)C(C(C)(C)C)CC(=O)OCCCCOc1ccc3ccnc(c3c1)O2)C(=O)NS(=O)(=O)C1CC1. The van der Waals surface area contributed by atoms with Gasteiger partial charge in [-0.3, -0.25) is 71.7 Å². The van der Waals surface area contributed by atoms with E-state index in [0.717, 1.165) is 21.5 Å². The molecule has 9 heterocycles. The third-order valence-electron chi connectivity index (χ3n) is 30.3. The first-order valence-electron chi connectivity index (χ1n) is 50.5. The van der Waals surface area contributed by atoms with Crippen molar-refractivity contribution < 1.29 is 125 Å². The van der Waals surface area contributed by atoms with Gasteiger partial charge in [0.05, 0.1) is 120 Å². The van der Waals surface area contributed by atoms with Crippen LogP contribution in [0.25, 0.3) is 32.3 Å². The summed E-state index contributed by atoms with van der Waals surface area (Å²) < 4.78 is 136. The van der Waals surface area contributed by atoms with E-state index in [-0.39, 0.29) is 147 Å². The van der Waals surface area contributed by atoms with Crippen molar-refractivity contribution in [2.24, 2.45) is 68.0 Å². The minimum Gasteiger partial charge on any atom is -0.494 e. The van der Waals surface area contributed by atoms with Crippen LogP contribution < -0.4 is 42.6 Å². The molecule has 6 amide bonds. The summed E-state index contributed by atoms with van der Waals surface area (Å²) in [6.45, 7) is 29.3. The van der Waals surface area contributed by atoms with Crippen LogP contribution in [0.1, 0.15) is 191 Å². The Morgan fingerprint density at radius 3 is 0.932 bits per heavy atom. The highest BCUT2D eigenvalue weighted by Gasteiger charge is 2.65. The molecule has 147 heavy (non-hydrogen) atoms. The van der Waals surface area contributed by atoms with E-state index in [1.807, 2.05) is 135 Å². The Morgan fingerprint density at radius 2 is 0.660 bits per heavy atom. The number of allylic oxidation sites excluding steroid dienone is 3. The van der Waals surface area contributed by atoms with Gasteiger partial charge in [-0.1, -0.05) is 98.7 Å². The van der Waals surface area contributed by atoms with Gasteiger partial charge in [0.1, 0.15) is 62.0 Å². The minimum absolute atomic E-state index is 0.00482. The second kappa shape index (κ2) is 43.0. The third-order valence-corrected chi connectivity index (χ3v) is 35.7. The number of aromatic nitrogens is 3. The lowest BCUT2D eigenvalue weighted by Gasteiger charge is -2.34. The summed E-state index contributed by atoms with van der Waals surface area (Å²) in [4.78, 5) is 183. The quantitative estimate of drug-likeness (QED) is 0.0342. The number of carbonyl (C=O) groups excluding carboxylic acids is 12. The molecule has 6 aromatic rings. The van der Waals surface area contributed by atoms with E-state index >= 15 is 0 Å². The zero-order valence-corrected chi connectivity index (χ0v) is 86.9. The molecule has 39 heteroatoms. The second-order valence-corrected chi connectivity index (χ2v) is 50.0. The molecule has 15 atom stereocenters. The van der Waals surface area contributed by atoms with Gasteiger partial charge in [0.2, 0.25) is 83.2 Å². The zero-order chi connectivity index (χ0) is 105. The monoisotopic (exact) mass is 2080 g/mol. The van der Waals surface area contributed by atoms with Gasteiger partial charge in [-0.15, -0.1) is 19.7 Å². The van der Waals surface area contributed by atoms with Crippen LogP contribution in [-0.4, -0.2) is 237 Å². The van der Waals surface area contributed by atoms with Gasteiger partial charge in [-0.25, -0.2) is 40.2 Å². The lowest BCUT2D eigenvalue weighted by molar-refractivity contribution is -0.153. The fraction of sp³-hybridized carbons (Fsp3) is 0.546. The number of hydrogen-bond acceptors (Lipinski definition) is 30. The standard InChI is InChI=1S/C36H45N3O9S.2C36H43N3O9S/c3*1-5-23-19-36(23,34(43)38-49(44,45)26-10-11-26)20-30(40)29-17-25-21-39(29)33(42)28(35(2,3)4)18-31(41)47-15-7-6-14-46-24-9-8-22-12-13-37-32(48-25)27(22)16-24/h5,8-9,12-13,16,23,25-26,28-29H,1,6-7,10-11,14-15,17-21H2,2-4H3,(H,38,43);2*5-9,12-13,16,23,25-26,28-29H,1,10-11,14-15,17-21H2,2-4H3,(H,38,43)/b;7-6+;7-6-. The van der Waals surface area contributed by atoms with Crippen LogP contribution in [0, 0.1) is 68.0 Å². The van der Waals surface area contributed by atoms with E-state index in [2.05, 4.69) is 48.9 Å². The topological polar surface area (TPSA) is 475 Å². The van der Waals surface area contributed by atoms with Gasteiger partial charge >= 0.3 is 17.9 Å². The maximum Gasteiger partial charge on any atom is 0.306 e. The number of ether oxygens (including phenoxy) is 9. The lowest BCUT2D eigenvalue weighted by Crippen LogP contribution is -2.48. The molecule has 18 rings (SSSR count). The molecule has 15 unspecified atom stereocenters. The lowest BCUT2D eigenvalue weighted by atomic mass is 9.77. The fourth-order valence-corrected chi connectivity index (χ4v) is 24.8. The van der Waals surface area contributed by atoms with Crippen LogP contribution in [0.4, 0.5) is 0 Å². The molecular weight excluding hydrogens is 1950 g/mol. The molecular formula is C108H131N9O27S3. The zero-order valence-electron chi connectivity index (χ0n) is 84.4. The van der Waals surface area contributed by atoms with Crippen LogP contribution >= 0.6 is 0 Å². The normalized spacial score (nSPS) is 28.3. The molecule has 6 aliphatic heterocycles. The Labute approximate surface area is 855 Å². The Hall–Kier alpha value is -12.5. The number of pyridine rings is 3. The number of rotatable bonds is 21. The Kier molecular flexibility index (Phi) is 31.3. The number of benzene rings is 3. The highest BCUT2D eigenvalue weighted by Crippen LogP contribution is 2.60. The Bertz CT molecular complexity index is 6370. The number of hydrogen-bond donors (Lipinski definition) is 3. The predicted octanol–water partition coefficient (Wildman–Crippen LogP) is 11.9. The van der Waals surface area contributed by atoms with E-state index in [1.165, 1.54) is 14.7 Å². The van der Waals surface area contributed by atoms with E-state index < -0.39 is 203 Å². The van der Waals surface area contributed by atoms with Gasteiger partial charge in [0.25, 0.3) is 0 Å². The summed E-state index contributed by atoms with van der Waals surface area (Å²) in [5.41, 5.74) is -5.85. The fourth-order valence-electron chi connectivity index (χ4n) is 20.6. The van der Waals surface area contributed by atoms with Crippen molar-refractivity contribution in [1.29, 1.82) is 0 Å². The largest absolute Gasteiger partial charge is 0.494 e. The number of carbonyl (C=O) groups is 12. The number of sulfonamides is 3. The van der Waals surface area contributed by atoms with Crippen LogP contribution in [0.2, 0.25) is 0 Å². The molecule has 0 spiro atoms. The van der Waals surface area contributed by atoms with Crippen molar-refractivity contribution in [3.63, 3.8) is 0 Å². The number of amides is 6. The number of ketones is 3. The molecule has 12 aliphatic rings. The molecule has 6 saturated carbocycles.